The van der Waals surface area contributed by atoms with Gasteiger partial charge >= 0.3 is 0 Å². The van der Waals surface area contributed by atoms with Gasteiger partial charge in [-0.2, -0.15) is 0 Å². The Morgan fingerprint density at radius 2 is 1.96 bits per heavy atom. The first-order chi connectivity index (χ1) is 11.6. The van der Waals surface area contributed by atoms with Crippen LogP contribution in [0.25, 0.3) is 0 Å². The third-order valence-electron chi connectivity index (χ3n) is 4.75. The second kappa shape index (κ2) is 7.48. The van der Waals surface area contributed by atoms with E-state index in [4.69, 9.17) is 9.47 Å². The zero-order valence-corrected chi connectivity index (χ0v) is 13.8. The van der Waals surface area contributed by atoms with Crippen LogP contribution in [0.1, 0.15) is 10.4 Å². The van der Waals surface area contributed by atoms with Gasteiger partial charge in [-0.3, -0.25) is 9.69 Å². The summed E-state index contributed by atoms with van der Waals surface area (Å²) in [7, 11) is 1.58. The Balaban J connectivity index is 1.59. The number of hydrogen-bond acceptors (Lipinski definition) is 6. The highest BCUT2D eigenvalue weighted by atomic mass is 16.5. The first kappa shape index (κ1) is 17.2. The summed E-state index contributed by atoms with van der Waals surface area (Å²) in [5.74, 6) is 0.643. The summed E-state index contributed by atoms with van der Waals surface area (Å²) in [4.78, 5) is 16.5. The van der Waals surface area contributed by atoms with Crippen LogP contribution in [0, 0.1) is 0 Å². The molecule has 0 aliphatic carbocycles. The lowest BCUT2D eigenvalue weighted by Gasteiger charge is -2.43. The van der Waals surface area contributed by atoms with E-state index in [0.717, 1.165) is 0 Å². The molecule has 132 valence electrons. The number of benzene rings is 1. The van der Waals surface area contributed by atoms with Crippen LogP contribution in [0.15, 0.2) is 24.3 Å². The van der Waals surface area contributed by atoms with Crippen LogP contribution in [0.4, 0.5) is 0 Å². The van der Waals surface area contributed by atoms with E-state index in [2.05, 4.69) is 4.90 Å². The van der Waals surface area contributed by atoms with Crippen molar-refractivity contribution in [3.05, 3.63) is 29.8 Å². The molecule has 7 heteroatoms. The maximum absolute atomic E-state index is 12.6. The number of rotatable bonds is 3. The van der Waals surface area contributed by atoms with E-state index in [1.165, 1.54) is 0 Å². The van der Waals surface area contributed by atoms with Crippen molar-refractivity contribution in [3.63, 3.8) is 0 Å². The van der Waals surface area contributed by atoms with Gasteiger partial charge in [0.25, 0.3) is 5.91 Å². The Bertz CT molecular complexity index is 574. The van der Waals surface area contributed by atoms with Gasteiger partial charge in [-0.15, -0.1) is 0 Å². The summed E-state index contributed by atoms with van der Waals surface area (Å²) in [5, 5.41) is 19.9. The van der Waals surface area contributed by atoms with Crippen molar-refractivity contribution in [2.24, 2.45) is 0 Å². The largest absolute Gasteiger partial charge is 0.497 e. The number of methoxy groups -OCH3 is 1. The first-order valence-electron chi connectivity index (χ1n) is 8.21. The summed E-state index contributed by atoms with van der Waals surface area (Å²) < 4.78 is 10.5. The highest BCUT2D eigenvalue weighted by Gasteiger charge is 2.37. The van der Waals surface area contributed by atoms with E-state index in [1.807, 2.05) is 6.07 Å². The fourth-order valence-corrected chi connectivity index (χ4v) is 3.28. The molecule has 0 aromatic heterocycles. The predicted octanol–water partition coefficient (Wildman–Crippen LogP) is -0.426. The number of piperazine rings is 1. The standard InChI is InChI=1S/C17H24N2O5/c1-23-13-4-2-3-12(9-13)17(22)19-7-5-18(6-8-19)14-10-24-11-15(20)16(14)21/h2-4,9,14-16,20-21H,5-8,10-11H2,1H3/t14-,15-,16+/m1/s1. The normalized spacial score (nSPS) is 28.6. The van der Waals surface area contributed by atoms with Gasteiger partial charge in [0, 0.05) is 31.7 Å². The molecule has 0 bridgehead atoms. The van der Waals surface area contributed by atoms with Gasteiger partial charge < -0.3 is 24.6 Å². The van der Waals surface area contributed by atoms with Gasteiger partial charge in [-0.1, -0.05) is 6.07 Å². The molecule has 3 atom stereocenters. The fraction of sp³-hybridized carbons (Fsp3) is 0.588. The van der Waals surface area contributed by atoms with Crippen molar-refractivity contribution in [3.8, 4) is 5.75 Å². The average Bonchev–Trinajstić information content (AvgIpc) is 2.63. The lowest BCUT2D eigenvalue weighted by atomic mass is 10.0. The molecule has 1 aromatic carbocycles. The highest BCUT2D eigenvalue weighted by molar-refractivity contribution is 5.94. The molecule has 1 amide bonds. The Morgan fingerprint density at radius 1 is 1.21 bits per heavy atom. The van der Waals surface area contributed by atoms with Gasteiger partial charge in [0.1, 0.15) is 11.9 Å². The highest BCUT2D eigenvalue weighted by Crippen LogP contribution is 2.19. The second-order valence-electron chi connectivity index (χ2n) is 6.22. The lowest BCUT2D eigenvalue weighted by Crippen LogP contribution is -2.60. The van der Waals surface area contributed by atoms with Gasteiger partial charge in [0.05, 0.1) is 32.5 Å². The van der Waals surface area contributed by atoms with Crippen LogP contribution in [-0.4, -0.2) is 90.7 Å². The monoisotopic (exact) mass is 336 g/mol. The van der Waals surface area contributed by atoms with Gasteiger partial charge in [0.15, 0.2) is 0 Å². The minimum Gasteiger partial charge on any atom is -0.497 e. The molecule has 2 aliphatic rings. The van der Waals surface area contributed by atoms with E-state index in [-0.39, 0.29) is 18.6 Å². The summed E-state index contributed by atoms with van der Waals surface area (Å²) in [6, 6.07) is 6.92. The second-order valence-corrected chi connectivity index (χ2v) is 6.22. The molecule has 2 aliphatic heterocycles. The van der Waals surface area contributed by atoms with Crippen molar-refractivity contribution in [1.82, 2.24) is 9.80 Å². The van der Waals surface area contributed by atoms with Gasteiger partial charge in [-0.05, 0) is 18.2 Å². The fourth-order valence-electron chi connectivity index (χ4n) is 3.28. The first-order valence-corrected chi connectivity index (χ1v) is 8.21. The molecule has 2 saturated heterocycles. The van der Waals surface area contributed by atoms with Crippen LogP contribution >= 0.6 is 0 Å². The molecule has 3 rings (SSSR count). The number of nitrogens with zero attached hydrogens (tertiary/aromatic N) is 2. The average molecular weight is 336 g/mol. The van der Waals surface area contributed by atoms with Gasteiger partial charge in [0.2, 0.25) is 0 Å². The molecule has 2 N–H and O–H groups in total. The van der Waals surface area contributed by atoms with E-state index >= 15 is 0 Å². The maximum Gasteiger partial charge on any atom is 0.254 e. The number of hydrogen-bond donors (Lipinski definition) is 2. The maximum atomic E-state index is 12.6. The minimum atomic E-state index is -0.847. The van der Waals surface area contributed by atoms with Crippen molar-refractivity contribution < 1.29 is 24.5 Å². The van der Waals surface area contributed by atoms with Crippen molar-refractivity contribution >= 4 is 5.91 Å². The van der Waals surface area contributed by atoms with Crippen molar-refractivity contribution in [2.45, 2.75) is 18.2 Å². The number of aliphatic hydroxyl groups excluding tert-OH is 2. The van der Waals surface area contributed by atoms with Gasteiger partial charge in [-0.25, -0.2) is 0 Å². The number of carbonyl (C=O) groups excluding carboxylic acids is 1. The number of ether oxygens (including phenoxy) is 2. The number of amides is 1. The molecule has 0 radical (unpaired) electrons. The topological polar surface area (TPSA) is 82.5 Å². The zero-order valence-electron chi connectivity index (χ0n) is 13.8. The van der Waals surface area contributed by atoms with Crippen molar-refractivity contribution in [2.75, 3.05) is 46.5 Å². The molecular formula is C17H24N2O5. The minimum absolute atomic E-state index is 0.0194. The van der Waals surface area contributed by atoms with E-state index in [0.29, 0.717) is 44.1 Å². The Morgan fingerprint density at radius 3 is 2.67 bits per heavy atom. The molecule has 1 aromatic rings. The van der Waals surface area contributed by atoms with Crippen LogP contribution in [0.5, 0.6) is 5.75 Å². The molecular weight excluding hydrogens is 312 g/mol. The summed E-state index contributed by atoms with van der Waals surface area (Å²) >= 11 is 0. The third-order valence-corrected chi connectivity index (χ3v) is 4.75. The van der Waals surface area contributed by atoms with E-state index in [1.54, 1.807) is 30.2 Å². The molecule has 24 heavy (non-hydrogen) atoms. The summed E-state index contributed by atoms with van der Waals surface area (Å²) in [6.07, 6.45) is -1.65. The molecule has 7 nitrogen and oxygen atoms in total. The molecule has 0 unspecified atom stereocenters. The molecule has 2 heterocycles. The van der Waals surface area contributed by atoms with Crippen LogP contribution in [0.3, 0.4) is 0 Å². The Labute approximate surface area is 141 Å². The van der Waals surface area contributed by atoms with Crippen LogP contribution in [-0.2, 0) is 4.74 Å². The number of aliphatic hydroxyl groups is 2. The Kier molecular flexibility index (Phi) is 5.35. The van der Waals surface area contributed by atoms with Crippen molar-refractivity contribution in [1.29, 1.82) is 0 Å². The molecule has 0 spiro atoms. The molecule has 2 fully saturated rings. The van der Waals surface area contributed by atoms with Crippen LogP contribution < -0.4 is 4.74 Å². The predicted molar refractivity (Wildman–Crippen MR) is 87.1 cm³/mol. The quantitative estimate of drug-likeness (QED) is 0.780. The molecule has 0 saturated carbocycles. The number of carbonyl (C=O) groups is 1. The smallest absolute Gasteiger partial charge is 0.254 e. The van der Waals surface area contributed by atoms with E-state index < -0.39 is 12.2 Å². The zero-order chi connectivity index (χ0) is 17.1. The third kappa shape index (κ3) is 3.54. The van der Waals surface area contributed by atoms with E-state index in [9.17, 15) is 15.0 Å². The lowest BCUT2D eigenvalue weighted by molar-refractivity contribution is -0.136. The van der Waals surface area contributed by atoms with Crippen LogP contribution in [0.2, 0.25) is 0 Å². The Hall–Kier alpha value is -1.67. The SMILES string of the molecule is COc1cccc(C(=O)N2CCN([C@@H]3COC[C@@H](O)[C@H]3O)CC2)c1. The summed E-state index contributed by atoms with van der Waals surface area (Å²) in [6.45, 7) is 3.03. The summed E-state index contributed by atoms with van der Waals surface area (Å²) in [5.41, 5.74) is 0.610.